The van der Waals surface area contributed by atoms with Gasteiger partial charge in [-0.05, 0) is 38.2 Å². The van der Waals surface area contributed by atoms with Crippen LogP contribution < -0.4 is 26.1 Å². The first-order chi connectivity index (χ1) is 8.21. The fourth-order valence-electron chi connectivity index (χ4n) is 1.30. The summed E-state index contributed by atoms with van der Waals surface area (Å²) < 4.78 is 10.9. The first kappa shape index (κ1) is 13.5. The van der Waals surface area contributed by atoms with Gasteiger partial charge in [-0.25, -0.2) is 5.84 Å². The summed E-state index contributed by atoms with van der Waals surface area (Å²) in [4.78, 5) is 0. The van der Waals surface area contributed by atoms with Gasteiger partial charge in [-0.2, -0.15) is 0 Å². The molecular weight excluding hydrogens is 238 g/mol. The Morgan fingerprint density at radius 3 is 2.59 bits per heavy atom. The van der Waals surface area contributed by atoms with Gasteiger partial charge in [0, 0.05) is 6.07 Å². The van der Waals surface area contributed by atoms with E-state index in [1.807, 2.05) is 32.0 Å². The number of hydrazine groups is 1. The van der Waals surface area contributed by atoms with Gasteiger partial charge in [0.05, 0.1) is 18.9 Å². The van der Waals surface area contributed by atoms with Crippen molar-refractivity contribution in [3.05, 3.63) is 18.2 Å². The standard InChI is InChI=1S/C11H17N3O2S/c1-3-15-8-5-6-9(13-11(17)14-12)10(7-8)16-4-2/h5-7H,3-4,12H2,1-2H3,(H2,13,14,17). The van der Waals surface area contributed by atoms with Gasteiger partial charge in [0.1, 0.15) is 11.5 Å². The molecule has 0 aliphatic carbocycles. The van der Waals surface area contributed by atoms with Crippen LogP contribution in [0.3, 0.4) is 0 Å². The maximum Gasteiger partial charge on any atom is 0.185 e. The topological polar surface area (TPSA) is 68.5 Å². The zero-order valence-corrected chi connectivity index (χ0v) is 10.8. The predicted octanol–water partition coefficient (Wildman–Crippen LogP) is 1.64. The van der Waals surface area contributed by atoms with Crippen molar-refractivity contribution in [3.8, 4) is 11.5 Å². The first-order valence-electron chi connectivity index (χ1n) is 5.38. The molecule has 1 rings (SSSR count). The van der Waals surface area contributed by atoms with Gasteiger partial charge < -0.3 is 20.2 Å². The number of hydrogen-bond acceptors (Lipinski definition) is 4. The van der Waals surface area contributed by atoms with Crippen molar-refractivity contribution < 1.29 is 9.47 Å². The highest BCUT2D eigenvalue weighted by molar-refractivity contribution is 7.80. The van der Waals surface area contributed by atoms with E-state index < -0.39 is 0 Å². The van der Waals surface area contributed by atoms with Crippen LogP contribution >= 0.6 is 12.2 Å². The van der Waals surface area contributed by atoms with Crippen molar-refractivity contribution in [2.24, 2.45) is 5.84 Å². The van der Waals surface area contributed by atoms with Crippen molar-refractivity contribution in [2.75, 3.05) is 18.5 Å². The number of hydrogen-bond donors (Lipinski definition) is 3. The average Bonchev–Trinajstić information content (AvgIpc) is 2.33. The van der Waals surface area contributed by atoms with Crippen molar-refractivity contribution >= 4 is 23.0 Å². The number of thiocarbonyl (C=S) groups is 1. The Morgan fingerprint density at radius 1 is 1.29 bits per heavy atom. The Morgan fingerprint density at radius 2 is 2.00 bits per heavy atom. The van der Waals surface area contributed by atoms with Crippen LogP contribution in [0.5, 0.6) is 11.5 Å². The van der Waals surface area contributed by atoms with Crippen molar-refractivity contribution in [1.82, 2.24) is 5.43 Å². The summed E-state index contributed by atoms with van der Waals surface area (Å²) in [6.45, 7) is 5.02. The molecule has 0 aromatic heterocycles. The van der Waals surface area contributed by atoms with Gasteiger partial charge in [-0.1, -0.05) is 0 Å². The van der Waals surface area contributed by atoms with Crippen LogP contribution in [0.4, 0.5) is 5.69 Å². The molecule has 6 heteroatoms. The molecule has 0 radical (unpaired) electrons. The van der Waals surface area contributed by atoms with Crippen LogP contribution in [0.15, 0.2) is 18.2 Å². The maximum absolute atomic E-state index is 5.50. The van der Waals surface area contributed by atoms with Gasteiger partial charge in [0.2, 0.25) is 0 Å². The smallest absolute Gasteiger partial charge is 0.185 e. The molecule has 0 spiro atoms. The van der Waals surface area contributed by atoms with Gasteiger partial charge in [0.25, 0.3) is 0 Å². The molecule has 0 heterocycles. The highest BCUT2D eigenvalue weighted by Gasteiger charge is 2.06. The highest BCUT2D eigenvalue weighted by Crippen LogP contribution is 2.29. The maximum atomic E-state index is 5.50. The van der Waals surface area contributed by atoms with E-state index in [1.54, 1.807) is 0 Å². The summed E-state index contributed by atoms with van der Waals surface area (Å²) >= 11 is 4.93. The summed E-state index contributed by atoms with van der Waals surface area (Å²) in [7, 11) is 0. The molecule has 5 nitrogen and oxygen atoms in total. The number of benzene rings is 1. The fourth-order valence-corrected chi connectivity index (χ4v) is 1.41. The molecule has 0 aliphatic rings. The third-order valence-corrected chi connectivity index (χ3v) is 2.16. The molecule has 4 N–H and O–H groups in total. The van der Waals surface area contributed by atoms with E-state index in [-0.39, 0.29) is 0 Å². The van der Waals surface area contributed by atoms with Gasteiger partial charge in [-0.3, -0.25) is 0 Å². The van der Waals surface area contributed by atoms with Crippen LogP contribution in [0.25, 0.3) is 0 Å². The lowest BCUT2D eigenvalue weighted by molar-refractivity contribution is 0.324. The summed E-state index contributed by atoms with van der Waals surface area (Å²) in [6.07, 6.45) is 0. The van der Waals surface area contributed by atoms with Crippen molar-refractivity contribution in [2.45, 2.75) is 13.8 Å². The Bertz CT molecular complexity index is 385. The molecule has 1 aromatic rings. The number of nitrogens with two attached hydrogens (primary N) is 1. The molecule has 0 unspecified atom stereocenters. The minimum Gasteiger partial charge on any atom is -0.494 e. The molecule has 0 bridgehead atoms. The molecule has 0 atom stereocenters. The lowest BCUT2D eigenvalue weighted by Crippen LogP contribution is -2.34. The number of ether oxygens (including phenoxy) is 2. The van der Waals surface area contributed by atoms with Gasteiger partial charge >= 0.3 is 0 Å². The molecule has 94 valence electrons. The van der Waals surface area contributed by atoms with E-state index in [1.165, 1.54) is 0 Å². The predicted molar refractivity (Wildman–Crippen MR) is 72.3 cm³/mol. The summed E-state index contributed by atoms with van der Waals surface area (Å²) in [5.74, 6) is 6.64. The minimum absolute atomic E-state index is 0.329. The monoisotopic (exact) mass is 255 g/mol. The zero-order chi connectivity index (χ0) is 12.7. The molecule has 0 saturated carbocycles. The summed E-state index contributed by atoms with van der Waals surface area (Å²) in [5.41, 5.74) is 3.10. The zero-order valence-electron chi connectivity index (χ0n) is 9.95. The second-order valence-electron chi connectivity index (χ2n) is 3.12. The number of rotatable bonds is 5. The molecule has 0 fully saturated rings. The Labute approximate surface area is 106 Å². The second-order valence-corrected chi connectivity index (χ2v) is 3.53. The molecule has 0 aliphatic heterocycles. The van der Waals surface area contributed by atoms with Crippen LogP contribution in [-0.2, 0) is 0 Å². The summed E-state index contributed by atoms with van der Waals surface area (Å²) in [6, 6.07) is 5.49. The third-order valence-electron chi connectivity index (χ3n) is 1.94. The fraction of sp³-hybridized carbons (Fsp3) is 0.364. The third kappa shape index (κ3) is 4.08. The SMILES string of the molecule is CCOc1ccc(NC(=S)NN)c(OCC)c1. The average molecular weight is 255 g/mol. The highest BCUT2D eigenvalue weighted by atomic mass is 32.1. The van der Waals surface area contributed by atoms with E-state index in [4.69, 9.17) is 27.5 Å². The first-order valence-corrected chi connectivity index (χ1v) is 5.79. The van der Waals surface area contributed by atoms with Crippen LogP contribution in [0.1, 0.15) is 13.8 Å². The molecular formula is C11H17N3O2S. The quantitative estimate of drug-likeness (QED) is 0.422. The van der Waals surface area contributed by atoms with Crippen molar-refractivity contribution in [3.63, 3.8) is 0 Å². The van der Waals surface area contributed by atoms with E-state index in [0.717, 1.165) is 11.4 Å². The Kier molecular flexibility index (Phi) is 5.51. The van der Waals surface area contributed by atoms with Gasteiger partial charge in [-0.15, -0.1) is 0 Å². The number of nitrogens with one attached hydrogen (secondary N) is 2. The minimum atomic E-state index is 0.329. The Balaban J connectivity index is 2.90. The van der Waals surface area contributed by atoms with Crippen LogP contribution in [0, 0.1) is 0 Å². The molecule has 1 aromatic carbocycles. The molecule has 0 saturated heterocycles. The largest absolute Gasteiger partial charge is 0.494 e. The van der Waals surface area contributed by atoms with E-state index >= 15 is 0 Å². The Hall–Kier alpha value is -1.53. The van der Waals surface area contributed by atoms with E-state index in [2.05, 4.69) is 10.7 Å². The van der Waals surface area contributed by atoms with E-state index in [9.17, 15) is 0 Å². The lowest BCUT2D eigenvalue weighted by Gasteiger charge is -2.14. The molecule has 17 heavy (non-hydrogen) atoms. The number of anilines is 1. The normalized spacial score (nSPS) is 9.59. The van der Waals surface area contributed by atoms with Crippen LogP contribution in [0.2, 0.25) is 0 Å². The lowest BCUT2D eigenvalue weighted by atomic mass is 10.2. The second kappa shape index (κ2) is 6.93. The van der Waals surface area contributed by atoms with Crippen molar-refractivity contribution in [1.29, 1.82) is 0 Å². The van der Waals surface area contributed by atoms with Gasteiger partial charge in [0.15, 0.2) is 5.11 Å². The summed E-state index contributed by atoms with van der Waals surface area (Å²) in [5, 5.41) is 3.26. The molecule has 0 amide bonds. The van der Waals surface area contributed by atoms with Crippen LogP contribution in [-0.4, -0.2) is 18.3 Å². The van der Waals surface area contributed by atoms with E-state index in [0.29, 0.717) is 24.1 Å².